The molecule has 64 valence electrons. The van der Waals surface area contributed by atoms with Gasteiger partial charge in [-0.25, -0.2) is 4.39 Å². The third-order valence-corrected chi connectivity index (χ3v) is 1.50. The number of nitro groups is 1. The Kier molecular flexibility index (Phi) is 2.14. The number of aromatic hydroxyl groups is 1. The van der Waals surface area contributed by atoms with Gasteiger partial charge >= 0.3 is 5.69 Å². The van der Waals surface area contributed by atoms with Crippen LogP contribution >= 0.6 is 11.6 Å². The Bertz CT molecular complexity index is 342. The first-order valence-electron chi connectivity index (χ1n) is 2.85. The van der Waals surface area contributed by atoms with E-state index in [1.165, 1.54) is 0 Å². The highest BCUT2D eigenvalue weighted by atomic mass is 35.5. The zero-order valence-corrected chi connectivity index (χ0v) is 6.38. The number of phenolic OH excluding ortho intramolecular Hbond substituents is 1. The Balaban J connectivity index is 3.33. The molecule has 0 aliphatic heterocycles. The molecule has 0 spiro atoms. The molecule has 1 aromatic carbocycles. The van der Waals surface area contributed by atoms with E-state index in [9.17, 15) is 14.5 Å². The quantitative estimate of drug-likeness (QED) is 0.546. The molecular formula is C6H3ClFNO3. The topological polar surface area (TPSA) is 63.4 Å². The van der Waals surface area contributed by atoms with Crippen LogP contribution in [0.1, 0.15) is 0 Å². The van der Waals surface area contributed by atoms with Crippen LogP contribution in [0.3, 0.4) is 0 Å². The Morgan fingerprint density at radius 2 is 2.17 bits per heavy atom. The van der Waals surface area contributed by atoms with E-state index in [1.54, 1.807) is 0 Å². The zero-order valence-electron chi connectivity index (χ0n) is 5.62. The number of nitrogens with zero attached hydrogens (tertiary/aromatic N) is 1. The van der Waals surface area contributed by atoms with E-state index in [0.717, 1.165) is 6.07 Å². The molecule has 0 aliphatic rings. The van der Waals surface area contributed by atoms with Crippen molar-refractivity contribution in [2.24, 2.45) is 0 Å². The fourth-order valence-electron chi connectivity index (χ4n) is 0.672. The normalized spacial score (nSPS) is 9.83. The highest BCUT2D eigenvalue weighted by molar-refractivity contribution is 6.31. The first-order valence-corrected chi connectivity index (χ1v) is 3.22. The van der Waals surface area contributed by atoms with E-state index >= 15 is 0 Å². The van der Waals surface area contributed by atoms with Gasteiger partial charge in [-0.3, -0.25) is 10.1 Å². The molecule has 1 N–H and O–H groups in total. The molecule has 0 aliphatic carbocycles. The van der Waals surface area contributed by atoms with Crippen molar-refractivity contribution in [2.75, 3.05) is 0 Å². The van der Waals surface area contributed by atoms with Crippen LogP contribution in [0.5, 0.6) is 5.75 Å². The van der Waals surface area contributed by atoms with Crippen molar-refractivity contribution >= 4 is 17.3 Å². The zero-order chi connectivity index (χ0) is 9.30. The van der Waals surface area contributed by atoms with Crippen molar-refractivity contribution < 1.29 is 14.4 Å². The van der Waals surface area contributed by atoms with Crippen LogP contribution in [0.2, 0.25) is 5.02 Å². The van der Waals surface area contributed by atoms with Crippen LogP contribution in [-0.2, 0) is 0 Å². The molecule has 0 unspecified atom stereocenters. The minimum atomic E-state index is -0.889. The summed E-state index contributed by atoms with van der Waals surface area (Å²) in [4.78, 5) is 9.30. The molecule has 0 heterocycles. The Labute approximate surface area is 71.3 Å². The molecule has 0 amide bonds. The number of halogens is 2. The highest BCUT2D eigenvalue weighted by Crippen LogP contribution is 2.30. The van der Waals surface area contributed by atoms with E-state index in [-0.39, 0.29) is 5.02 Å². The van der Waals surface area contributed by atoms with Gasteiger partial charge < -0.3 is 5.11 Å². The van der Waals surface area contributed by atoms with Gasteiger partial charge in [0.25, 0.3) is 0 Å². The summed E-state index contributed by atoms with van der Waals surface area (Å²) in [6.07, 6.45) is 0. The van der Waals surface area contributed by atoms with Gasteiger partial charge in [-0.05, 0) is 0 Å². The van der Waals surface area contributed by atoms with Gasteiger partial charge in [0.05, 0.1) is 9.95 Å². The second-order valence-corrected chi connectivity index (χ2v) is 2.42. The van der Waals surface area contributed by atoms with E-state index in [2.05, 4.69) is 0 Å². The minimum Gasteiger partial charge on any atom is -0.502 e. The largest absolute Gasteiger partial charge is 0.502 e. The number of phenols is 1. The number of hydrogen-bond donors (Lipinski definition) is 1. The number of nitro benzene ring substituents is 1. The highest BCUT2D eigenvalue weighted by Gasteiger charge is 2.16. The van der Waals surface area contributed by atoms with Crippen molar-refractivity contribution in [2.45, 2.75) is 0 Å². The first kappa shape index (κ1) is 8.73. The molecule has 1 rings (SSSR count). The van der Waals surface area contributed by atoms with Crippen molar-refractivity contribution in [1.29, 1.82) is 0 Å². The van der Waals surface area contributed by atoms with Crippen LogP contribution in [0, 0.1) is 15.9 Å². The van der Waals surface area contributed by atoms with Crippen molar-refractivity contribution in [3.05, 3.63) is 33.1 Å². The van der Waals surface area contributed by atoms with E-state index in [0.29, 0.717) is 6.07 Å². The lowest BCUT2D eigenvalue weighted by Crippen LogP contribution is -1.89. The molecule has 0 saturated heterocycles. The second kappa shape index (κ2) is 2.94. The second-order valence-electron chi connectivity index (χ2n) is 2.01. The molecular weight excluding hydrogens is 189 g/mol. The van der Waals surface area contributed by atoms with Gasteiger partial charge in [-0.15, -0.1) is 0 Å². The molecule has 0 radical (unpaired) electrons. The Morgan fingerprint density at radius 3 is 2.67 bits per heavy atom. The smallest absolute Gasteiger partial charge is 0.312 e. The van der Waals surface area contributed by atoms with E-state index in [1.807, 2.05) is 0 Å². The molecule has 0 fully saturated rings. The summed E-state index contributed by atoms with van der Waals surface area (Å²) in [5, 5.41) is 18.6. The monoisotopic (exact) mass is 191 g/mol. The number of benzene rings is 1. The Hall–Kier alpha value is -1.36. The lowest BCUT2D eigenvalue weighted by atomic mass is 10.3. The fraction of sp³-hybridized carbons (Fsp3) is 0. The predicted octanol–water partition coefficient (Wildman–Crippen LogP) is 2.09. The summed E-state index contributed by atoms with van der Waals surface area (Å²) in [5.41, 5.74) is -0.610. The van der Waals surface area contributed by atoms with E-state index < -0.39 is 22.2 Å². The van der Waals surface area contributed by atoms with Crippen molar-refractivity contribution in [3.8, 4) is 5.75 Å². The summed E-state index contributed by atoms with van der Waals surface area (Å²) >= 11 is 5.24. The molecule has 4 nitrogen and oxygen atoms in total. The third kappa shape index (κ3) is 1.45. The van der Waals surface area contributed by atoms with E-state index in [4.69, 9.17) is 16.7 Å². The standard InChI is InChI=1S/C6H3ClFNO3/c7-3-1-5(9(11)12)6(10)2-4(3)8/h1-2,10H. The molecule has 6 heteroatoms. The molecule has 0 atom stereocenters. The van der Waals surface area contributed by atoms with Crippen LogP contribution in [-0.4, -0.2) is 10.0 Å². The number of rotatable bonds is 1. The van der Waals surface area contributed by atoms with Crippen LogP contribution in [0.25, 0.3) is 0 Å². The average Bonchev–Trinajstić information content (AvgIpc) is 1.96. The van der Waals surface area contributed by atoms with Crippen molar-refractivity contribution in [3.63, 3.8) is 0 Å². The van der Waals surface area contributed by atoms with Gasteiger partial charge in [-0.2, -0.15) is 0 Å². The first-order chi connectivity index (χ1) is 5.52. The van der Waals surface area contributed by atoms with Gasteiger partial charge in [0.15, 0.2) is 5.75 Å². The van der Waals surface area contributed by atoms with Gasteiger partial charge in [0.1, 0.15) is 5.82 Å². The summed E-state index contributed by atoms with van der Waals surface area (Å²) in [6.45, 7) is 0. The van der Waals surface area contributed by atoms with Gasteiger partial charge in [0, 0.05) is 12.1 Å². The summed E-state index contributed by atoms with van der Waals surface area (Å²) in [6, 6.07) is 1.35. The molecule has 0 aromatic heterocycles. The van der Waals surface area contributed by atoms with Crippen LogP contribution in [0.4, 0.5) is 10.1 Å². The van der Waals surface area contributed by atoms with Crippen LogP contribution in [0.15, 0.2) is 12.1 Å². The predicted molar refractivity (Wildman–Crippen MR) is 39.7 cm³/mol. The van der Waals surface area contributed by atoms with Gasteiger partial charge in [-0.1, -0.05) is 11.6 Å². The average molecular weight is 192 g/mol. The maximum Gasteiger partial charge on any atom is 0.312 e. The fourth-order valence-corrected chi connectivity index (χ4v) is 0.830. The lowest BCUT2D eigenvalue weighted by molar-refractivity contribution is -0.385. The maximum atomic E-state index is 12.5. The Morgan fingerprint density at radius 1 is 1.58 bits per heavy atom. The van der Waals surface area contributed by atoms with Crippen LogP contribution < -0.4 is 0 Å². The summed E-state index contributed by atoms with van der Waals surface area (Å²) in [7, 11) is 0. The SMILES string of the molecule is O=[N+]([O-])c1cc(Cl)c(F)cc1O. The lowest BCUT2D eigenvalue weighted by Gasteiger charge is -1.96. The van der Waals surface area contributed by atoms with Gasteiger partial charge in [0.2, 0.25) is 0 Å². The molecule has 1 aromatic rings. The summed E-state index contributed by atoms with van der Waals surface area (Å²) < 4.78 is 12.5. The third-order valence-electron chi connectivity index (χ3n) is 1.21. The number of hydrogen-bond acceptors (Lipinski definition) is 3. The van der Waals surface area contributed by atoms with Crippen molar-refractivity contribution in [1.82, 2.24) is 0 Å². The minimum absolute atomic E-state index is 0.389. The maximum absolute atomic E-state index is 12.5. The molecule has 0 saturated carbocycles. The molecule has 0 bridgehead atoms. The summed E-state index contributed by atoms with van der Waals surface area (Å²) in [5.74, 6) is -1.62. The molecule has 12 heavy (non-hydrogen) atoms.